The van der Waals surface area contributed by atoms with Gasteiger partial charge in [-0.3, -0.25) is 9.69 Å². The number of anilines is 1. The number of hydrogen-bond donors (Lipinski definition) is 0. The van der Waals surface area contributed by atoms with E-state index in [4.69, 9.17) is 5.26 Å². The number of rotatable bonds is 4. The second kappa shape index (κ2) is 8.39. The molecule has 0 aromatic heterocycles. The number of benzene rings is 1. The zero-order chi connectivity index (χ0) is 18.5. The van der Waals surface area contributed by atoms with Gasteiger partial charge in [0.1, 0.15) is 0 Å². The van der Waals surface area contributed by atoms with E-state index in [0.717, 1.165) is 49.1 Å². The average molecular weight is 369 g/mol. The summed E-state index contributed by atoms with van der Waals surface area (Å²) in [4.78, 5) is 23.7. The number of amides is 1. The number of nitrogens with zero attached hydrogens (tertiary/aromatic N) is 5. The maximum Gasteiger partial charge on any atom is 0.286 e. The van der Waals surface area contributed by atoms with Crippen LogP contribution in [0.3, 0.4) is 0 Å². The van der Waals surface area contributed by atoms with Gasteiger partial charge in [0.15, 0.2) is 5.17 Å². The summed E-state index contributed by atoms with van der Waals surface area (Å²) in [5.74, 6) is -0.159. The summed E-state index contributed by atoms with van der Waals surface area (Å²) < 4.78 is 0. The normalized spacial score (nSPS) is 19.6. The summed E-state index contributed by atoms with van der Waals surface area (Å²) in [6.45, 7) is 4.31. The summed E-state index contributed by atoms with van der Waals surface area (Å²) in [6.07, 6.45) is 2.47. The molecule has 136 valence electrons. The number of piperazine rings is 1. The fraction of sp³-hybridized carbons (Fsp3) is 0.421. The molecule has 0 N–H and O–H groups in total. The number of nitriles is 1. The Balaban J connectivity index is 1.60. The van der Waals surface area contributed by atoms with Crippen LogP contribution in [-0.4, -0.2) is 67.7 Å². The molecule has 1 amide bonds. The Morgan fingerprint density at radius 3 is 2.54 bits per heavy atom. The number of carbonyl (C=O) groups is 1. The smallest absolute Gasteiger partial charge is 0.286 e. The highest BCUT2D eigenvalue weighted by Gasteiger charge is 2.28. The van der Waals surface area contributed by atoms with Crippen LogP contribution in [-0.2, 0) is 4.79 Å². The minimum Gasteiger partial charge on any atom is -0.378 e. The van der Waals surface area contributed by atoms with Crippen LogP contribution in [0.1, 0.15) is 12.0 Å². The van der Waals surface area contributed by atoms with Crippen LogP contribution >= 0.6 is 11.8 Å². The van der Waals surface area contributed by atoms with Gasteiger partial charge in [-0.25, -0.2) is 0 Å². The summed E-state index contributed by atoms with van der Waals surface area (Å²) in [7, 11) is 4.01. The first-order chi connectivity index (χ1) is 12.6. The lowest BCUT2D eigenvalue weighted by molar-refractivity contribution is -0.113. The van der Waals surface area contributed by atoms with E-state index in [1.165, 1.54) is 11.8 Å². The minimum absolute atomic E-state index is 0.159. The summed E-state index contributed by atoms with van der Waals surface area (Å²) >= 11 is 1.46. The first-order valence-corrected chi connectivity index (χ1v) is 9.52. The molecule has 2 heterocycles. The van der Waals surface area contributed by atoms with Crippen LogP contribution in [0.2, 0.25) is 0 Å². The largest absolute Gasteiger partial charge is 0.378 e. The van der Waals surface area contributed by atoms with Crippen LogP contribution < -0.4 is 4.90 Å². The summed E-state index contributed by atoms with van der Waals surface area (Å²) in [6, 6.07) is 10.3. The second-order valence-electron chi connectivity index (χ2n) is 6.53. The third kappa shape index (κ3) is 4.45. The van der Waals surface area contributed by atoms with E-state index in [0.29, 0.717) is 11.3 Å². The van der Waals surface area contributed by atoms with Gasteiger partial charge in [-0.05, 0) is 35.5 Å². The topological polar surface area (TPSA) is 62.9 Å². The maximum atomic E-state index is 12.3. The lowest BCUT2D eigenvalue weighted by Crippen LogP contribution is -2.47. The van der Waals surface area contributed by atoms with Gasteiger partial charge < -0.3 is 9.80 Å². The molecule has 1 aromatic rings. The number of aliphatic imine (C=N–C) groups is 1. The molecule has 6 nitrogen and oxygen atoms in total. The average Bonchev–Trinajstić information content (AvgIpc) is 3.01. The van der Waals surface area contributed by atoms with Gasteiger partial charge in [0.05, 0.1) is 11.0 Å². The van der Waals surface area contributed by atoms with Gasteiger partial charge >= 0.3 is 0 Å². The standard InChI is InChI=1S/C19H23N5OS/c1-22(2)16-6-4-15(5-7-16)14-17-18(25)21-19(26-17)24-12-10-23(11-13-24)9-3-8-20/h4-7,14H,3,9-13H2,1-2H3/b17-14-. The zero-order valence-corrected chi connectivity index (χ0v) is 16.0. The molecular weight excluding hydrogens is 346 g/mol. The van der Waals surface area contributed by atoms with Gasteiger partial charge in [-0.15, -0.1) is 0 Å². The van der Waals surface area contributed by atoms with Gasteiger partial charge in [0, 0.05) is 58.9 Å². The van der Waals surface area contributed by atoms with Gasteiger partial charge in [-0.1, -0.05) is 12.1 Å². The van der Waals surface area contributed by atoms with E-state index in [9.17, 15) is 4.79 Å². The molecule has 0 spiro atoms. The van der Waals surface area contributed by atoms with E-state index in [1.54, 1.807) is 0 Å². The molecule has 7 heteroatoms. The van der Waals surface area contributed by atoms with Crippen molar-refractivity contribution in [3.8, 4) is 6.07 Å². The molecule has 0 atom stereocenters. The second-order valence-corrected chi connectivity index (χ2v) is 7.54. The number of carbonyl (C=O) groups excluding carboxylic acids is 1. The Kier molecular flexibility index (Phi) is 5.96. The molecule has 0 radical (unpaired) electrons. The Morgan fingerprint density at radius 2 is 1.92 bits per heavy atom. The fourth-order valence-corrected chi connectivity index (χ4v) is 3.89. The predicted octanol–water partition coefficient (Wildman–Crippen LogP) is 2.25. The first kappa shape index (κ1) is 18.5. The fourth-order valence-electron chi connectivity index (χ4n) is 2.92. The molecule has 0 saturated carbocycles. The van der Waals surface area contributed by atoms with Crippen molar-refractivity contribution in [1.82, 2.24) is 9.80 Å². The van der Waals surface area contributed by atoms with Crippen molar-refractivity contribution in [2.45, 2.75) is 6.42 Å². The molecule has 1 fully saturated rings. The van der Waals surface area contributed by atoms with E-state index in [1.807, 2.05) is 49.3 Å². The quantitative estimate of drug-likeness (QED) is 0.759. The zero-order valence-electron chi connectivity index (χ0n) is 15.2. The summed E-state index contributed by atoms with van der Waals surface area (Å²) in [5, 5.41) is 9.48. The molecule has 3 rings (SSSR count). The summed E-state index contributed by atoms with van der Waals surface area (Å²) in [5.41, 5.74) is 2.13. The lowest BCUT2D eigenvalue weighted by Gasteiger charge is -2.34. The van der Waals surface area contributed by atoms with Gasteiger partial charge in [0.2, 0.25) is 0 Å². The van der Waals surface area contributed by atoms with E-state index in [2.05, 4.69) is 20.9 Å². The molecule has 0 unspecified atom stereocenters. The Morgan fingerprint density at radius 1 is 1.23 bits per heavy atom. The van der Waals surface area contributed by atoms with Crippen molar-refractivity contribution < 1.29 is 4.79 Å². The molecule has 1 saturated heterocycles. The molecule has 0 aliphatic carbocycles. The number of thioether (sulfide) groups is 1. The van der Waals surface area contributed by atoms with Crippen LogP contribution in [0.15, 0.2) is 34.2 Å². The van der Waals surface area contributed by atoms with Crippen LogP contribution in [0.4, 0.5) is 5.69 Å². The Labute approximate surface area is 158 Å². The van der Waals surface area contributed by atoms with Crippen molar-refractivity contribution in [2.24, 2.45) is 4.99 Å². The number of amidine groups is 1. The highest BCUT2D eigenvalue weighted by Crippen LogP contribution is 2.31. The van der Waals surface area contributed by atoms with Crippen molar-refractivity contribution in [3.05, 3.63) is 34.7 Å². The molecule has 2 aliphatic rings. The maximum absolute atomic E-state index is 12.3. The Hall–Kier alpha value is -2.30. The number of hydrogen-bond acceptors (Lipinski definition) is 6. The first-order valence-electron chi connectivity index (χ1n) is 8.71. The van der Waals surface area contributed by atoms with E-state index < -0.39 is 0 Å². The van der Waals surface area contributed by atoms with Gasteiger partial charge in [-0.2, -0.15) is 10.3 Å². The molecule has 2 aliphatic heterocycles. The third-order valence-electron chi connectivity index (χ3n) is 4.50. The van der Waals surface area contributed by atoms with Crippen molar-refractivity contribution in [3.63, 3.8) is 0 Å². The monoisotopic (exact) mass is 369 g/mol. The minimum atomic E-state index is -0.159. The lowest BCUT2D eigenvalue weighted by atomic mass is 10.2. The Bertz CT molecular complexity index is 755. The third-order valence-corrected chi connectivity index (χ3v) is 5.54. The molecule has 1 aromatic carbocycles. The van der Waals surface area contributed by atoms with E-state index >= 15 is 0 Å². The molecule has 0 bridgehead atoms. The van der Waals surface area contributed by atoms with Crippen LogP contribution in [0.25, 0.3) is 6.08 Å². The highest BCUT2D eigenvalue weighted by atomic mass is 32.2. The van der Waals surface area contributed by atoms with E-state index in [-0.39, 0.29) is 5.91 Å². The SMILES string of the molecule is CN(C)c1ccc(/C=C2\SC(N3CCN(CCC#N)CC3)=NC2=O)cc1. The van der Waals surface area contributed by atoms with Crippen molar-refractivity contribution >= 4 is 34.6 Å². The van der Waals surface area contributed by atoms with Gasteiger partial charge in [0.25, 0.3) is 5.91 Å². The van der Waals surface area contributed by atoms with Crippen LogP contribution in [0.5, 0.6) is 0 Å². The van der Waals surface area contributed by atoms with Crippen molar-refractivity contribution in [1.29, 1.82) is 5.26 Å². The molecule has 26 heavy (non-hydrogen) atoms. The van der Waals surface area contributed by atoms with Crippen LogP contribution in [0, 0.1) is 11.3 Å². The molecular formula is C19H23N5OS. The highest BCUT2D eigenvalue weighted by molar-refractivity contribution is 8.18. The van der Waals surface area contributed by atoms with Crippen molar-refractivity contribution in [2.75, 3.05) is 51.7 Å². The predicted molar refractivity (Wildman–Crippen MR) is 107 cm³/mol.